The molecule has 158 valence electrons. The monoisotopic (exact) mass is 409 g/mol. The van der Waals surface area contributed by atoms with E-state index in [2.05, 4.69) is 23.6 Å². The molecule has 1 atom stereocenters. The smallest absolute Gasteiger partial charge is 0.332 e. The number of ether oxygens (including phenoxy) is 1. The molecule has 0 aliphatic carbocycles. The zero-order valence-electron chi connectivity index (χ0n) is 18.0. The van der Waals surface area contributed by atoms with Crippen molar-refractivity contribution in [3.63, 3.8) is 0 Å². The molecule has 1 aromatic carbocycles. The molecule has 0 unspecified atom stereocenters. The number of nitrogens with zero attached hydrogens (tertiary/aromatic N) is 5. The average molecular weight is 409 g/mol. The van der Waals surface area contributed by atoms with Crippen molar-refractivity contribution in [1.29, 1.82) is 0 Å². The number of aryl methyl sites for hydroxylation is 2. The van der Waals surface area contributed by atoms with E-state index in [1.54, 1.807) is 7.05 Å². The standard InChI is InChI=1S/C22H27N5O3/c1-6-30-13-12-25-20(28)18-19(24(5)22(25)29)23-21-26(14(2)15(3)27(18)21)16(4)17-10-8-7-9-11-17/h7-11,16H,6,12-13H2,1-5H3/t16-/m1/s1. The van der Waals surface area contributed by atoms with Crippen molar-refractivity contribution in [2.75, 3.05) is 13.2 Å². The first kappa shape index (κ1) is 20.2. The van der Waals surface area contributed by atoms with Gasteiger partial charge in [0.2, 0.25) is 5.78 Å². The van der Waals surface area contributed by atoms with Gasteiger partial charge in [-0.15, -0.1) is 0 Å². The fourth-order valence-electron chi connectivity index (χ4n) is 4.12. The van der Waals surface area contributed by atoms with E-state index < -0.39 is 0 Å². The van der Waals surface area contributed by atoms with Crippen LogP contribution in [0.4, 0.5) is 0 Å². The molecule has 0 spiro atoms. The topological polar surface area (TPSA) is 75.5 Å². The van der Waals surface area contributed by atoms with Crippen LogP contribution in [0.2, 0.25) is 0 Å². The van der Waals surface area contributed by atoms with Crippen LogP contribution < -0.4 is 11.2 Å². The van der Waals surface area contributed by atoms with E-state index in [1.807, 2.05) is 43.4 Å². The Morgan fingerprint density at radius 2 is 1.80 bits per heavy atom. The van der Waals surface area contributed by atoms with Gasteiger partial charge in [-0.2, -0.15) is 4.98 Å². The summed E-state index contributed by atoms with van der Waals surface area (Å²) in [6.07, 6.45) is 0. The van der Waals surface area contributed by atoms with Crippen LogP contribution in [-0.4, -0.2) is 36.3 Å². The molecule has 4 aromatic rings. The van der Waals surface area contributed by atoms with E-state index in [1.165, 1.54) is 9.13 Å². The molecular weight excluding hydrogens is 382 g/mol. The molecule has 3 heterocycles. The molecule has 30 heavy (non-hydrogen) atoms. The van der Waals surface area contributed by atoms with Gasteiger partial charge in [0.1, 0.15) is 0 Å². The Bertz CT molecular complexity index is 1340. The minimum atomic E-state index is -0.384. The summed E-state index contributed by atoms with van der Waals surface area (Å²) in [4.78, 5) is 30.9. The minimum absolute atomic E-state index is 0.0245. The van der Waals surface area contributed by atoms with Crippen LogP contribution in [0.25, 0.3) is 16.9 Å². The maximum atomic E-state index is 13.3. The van der Waals surface area contributed by atoms with E-state index in [9.17, 15) is 9.59 Å². The molecule has 0 aliphatic heterocycles. The molecule has 0 saturated heterocycles. The third-order valence-corrected chi connectivity index (χ3v) is 5.89. The summed E-state index contributed by atoms with van der Waals surface area (Å²) in [5.74, 6) is 0.658. The predicted molar refractivity (Wildman–Crippen MR) is 116 cm³/mol. The van der Waals surface area contributed by atoms with Crippen LogP contribution >= 0.6 is 0 Å². The van der Waals surface area contributed by atoms with Crippen molar-refractivity contribution >= 4 is 16.9 Å². The van der Waals surface area contributed by atoms with Gasteiger partial charge in [0.25, 0.3) is 5.56 Å². The Balaban J connectivity index is 2.02. The van der Waals surface area contributed by atoms with Gasteiger partial charge in [-0.3, -0.25) is 18.3 Å². The fraction of sp³-hybridized carbons (Fsp3) is 0.409. The number of imidazole rings is 2. The van der Waals surface area contributed by atoms with E-state index in [4.69, 9.17) is 9.72 Å². The highest BCUT2D eigenvalue weighted by molar-refractivity contribution is 5.76. The zero-order chi connectivity index (χ0) is 21.6. The van der Waals surface area contributed by atoms with Crippen molar-refractivity contribution in [2.45, 2.75) is 40.3 Å². The molecule has 3 aromatic heterocycles. The minimum Gasteiger partial charge on any atom is -0.380 e. The van der Waals surface area contributed by atoms with Crippen molar-refractivity contribution in [2.24, 2.45) is 7.05 Å². The van der Waals surface area contributed by atoms with Crippen LogP contribution in [0.1, 0.15) is 36.8 Å². The number of hydrogen-bond acceptors (Lipinski definition) is 4. The lowest BCUT2D eigenvalue weighted by atomic mass is 10.1. The first-order chi connectivity index (χ1) is 14.4. The van der Waals surface area contributed by atoms with Crippen molar-refractivity contribution in [3.8, 4) is 0 Å². The van der Waals surface area contributed by atoms with Crippen LogP contribution in [0.5, 0.6) is 0 Å². The molecule has 0 N–H and O–H groups in total. The lowest BCUT2D eigenvalue weighted by Gasteiger charge is -2.16. The molecule has 0 bridgehead atoms. The van der Waals surface area contributed by atoms with Crippen LogP contribution in [-0.2, 0) is 18.3 Å². The first-order valence-corrected chi connectivity index (χ1v) is 10.2. The summed E-state index contributed by atoms with van der Waals surface area (Å²) in [6.45, 7) is 9.06. The predicted octanol–water partition coefficient (Wildman–Crippen LogP) is 2.41. The van der Waals surface area contributed by atoms with Gasteiger partial charge in [-0.05, 0) is 33.3 Å². The van der Waals surface area contributed by atoms with Gasteiger partial charge < -0.3 is 9.30 Å². The maximum Gasteiger partial charge on any atom is 0.332 e. The normalized spacial score (nSPS) is 12.8. The zero-order valence-corrected chi connectivity index (χ0v) is 18.0. The Kier molecular flexibility index (Phi) is 5.11. The second-order valence-corrected chi connectivity index (χ2v) is 7.54. The summed E-state index contributed by atoms with van der Waals surface area (Å²) in [7, 11) is 1.65. The molecule has 0 radical (unpaired) electrons. The Hall–Kier alpha value is -3.13. The van der Waals surface area contributed by atoms with Gasteiger partial charge in [0, 0.05) is 25.0 Å². The number of hydrogen-bond donors (Lipinski definition) is 0. The molecule has 0 amide bonds. The number of rotatable bonds is 6. The summed E-state index contributed by atoms with van der Waals surface area (Å²) < 4.78 is 12.0. The van der Waals surface area contributed by atoms with Crippen LogP contribution in [0.3, 0.4) is 0 Å². The second kappa shape index (κ2) is 7.60. The SMILES string of the molecule is CCOCCn1c(=O)c2c(nc3n([C@H](C)c4ccccc4)c(C)c(C)n23)n(C)c1=O. The van der Waals surface area contributed by atoms with Gasteiger partial charge >= 0.3 is 5.69 Å². The Morgan fingerprint density at radius 3 is 2.47 bits per heavy atom. The number of aromatic nitrogens is 5. The van der Waals surface area contributed by atoms with E-state index in [-0.39, 0.29) is 23.8 Å². The largest absolute Gasteiger partial charge is 0.380 e. The fourth-order valence-corrected chi connectivity index (χ4v) is 4.12. The molecule has 0 saturated carbocycles. The maximum absolute atomic E-state index is 13.3. The van der Waals surface area contributed by atoms with Crippen LogP contribution in [0, 0.1) is 13.8 Å². The highest BCUT2D eigenvalue weighted by Crippen LogP contribution is 2.27. The molecular formula is C22H27N5O3. The first-order valence-electron chi connectivity index (χ1n) is 10.2. The van der Waals surface area contributed by atoms with Crippen LogP contribution in [0.15, 0.2) is 39.9 Å². The van der Waals surface area contributed by atoms with Crippen molar-refractivity contribution in [3.05, 3.63) is 68.1 Å². The number of fused-ring (bicyclic) bond motifs is 3. The summed E-state index contributed by atoms with van der Waals surface area (Å²) in [6, 6.07) is 10.2. The molecule has 8 heteroatoms. The molecule has 0 aliphatic rings. The highest BCUT2D eigenvalue weighted by Gasteiger charge is 2.24. The average Bonchev–Trinajstić information content (AvgIpc) is 3.25. The Labute approximate surface area is 174 Å². The molecule has 0 fully saturated rings. The van der Waals surface area contributed by atoms with Gasteiger partial charge in [0.05, 0.1) is 19.2 Å². The van der Waals surface area contributed by atoms with Crippen molar-refractivity contribution < 1.29 is 4.74 Å². The summed E-state index contributed by atoms with van der Waals surface area (Å²) >= 11 is 0. The van der Waals surface area contributed by atoms with Gasteiger partial charge in [-0.1, -0.05) is 30.3 Å². The third-order valence-electron chi connectivity index (χ3n) is 5.89. The van der Waals surface area contributed by atoms with E-state index in [0.717, 1.165) is 17.0 Å². The Morgan fingerprint density at radius 1 is 1.10 bits per heavy atom. The summed E-state index contributed by atoms with van der Waals surface area (Å²) in [5.41, 5.74) is 3.20. The molecule has 4 rings (SSSR count). The molecule has 8 nitrogen and oxygen atoms in total. The van der Waals surface area contributed by atoms with Crippen molar-refractivity contribution in [1.82, 2.24) is 23.1 Å². The quantitative estimate of drug-likeness (QED) is 0.458. The summed E-state index contributed by atoms with van der Waals surface area (Å²) in [5, 5.41) is 0. The second-order valence-electron chi connectivity index (χ2n) is 7.54. The van der Waals surface area contributed by atoms with Gasteiger partial charge in [-0.25, -0.2) is 4.79 Å². The van der Waals surface area contributed by atoms with Gasteiger partial charge in [0.15, 0.2) is 11.2 Å². The third kappa shape index (κ3) is 2.90. The lowest BCUT2D eigenvalue weighted by Crippen LogP contribution is -2.40. The highest BCUT2D eigenvalue weighted by atomic mass is 16.5. The number of benzene rings is 1. The van der Waals surface area contributed by atoms with E-state index in [0.29, 0.717) is 30.2 Å². The van der Waals surface area contributed by atoms with E-state index >= 15 is 0 Å². The lowest BCUT2D eigenvalue weighted by molar-refractivity contribution is 0.137.